The van der Waals surface area contributed by atoms with Gasteiger partial charge < -0.3 is 15.4 Å². The Morgan fingerprint density at radius 1 is 1.06 bits per heavy atom. The largest absolute Gasteiger partial charge is 0.484 e. The minimum absolute atomic E-state index is 0.224. The lowest BCUT2D eigenvalue weighted by molar-refractivity contribution is -0.139. The van der Waals surface area contributed by atoms with Gasteiger partial charge in [-0.1, -0.05) is 43.1 Å². The average molecular weight is 465 g/mol. The summed E-state index contributed by atoms with van der Waals surface area (Å²) in [5, 5.41) is 9.45. The number of benzene rings is 2. The van der Waals surface area contributed by atoms with Crippen molar-refractivity contribution >= 4 is 52.8 Å². The van der Waals surface area contributed by atoms with E-state index in [1.807, 2.05) is 13.8 Å². The van der Waals surface area contributed by atoms with Crippen molar-refractivity contribution in [2.75, 3.05) is 18.5 Å². The lowest BCUT2D eigenvalue weighted by Crippen LogP contribution is -2.39. The zero-order valence-corrected chi connectivity index (χ0v) is 18.5. The highest BCUT2D eigenvalue weighted by atomic mass is 35.5. The Bertz CT molecular complexity index is 962. The number of rotatable bonds is 8. The van der Waals surface area contributed by atoms with Gasteiger partial charge in [0.05, 0.1) is 21.9 Å². The highest BCUT2D eigenvalue weighted by molar-refractivity contribution is 6.44. The minimum atomic E-state index is -0.845. The fraction of sp³-hybridized carbons (Fsp3) is 0.238. The van der Waals surface area contributed by atoms with Crippen molar-refractivity contribution in [1.82, 2.24) is 10.7 Å². The van der Waals surface area contributed by atoms with Crippen molar-refractivity contribution in [3.8, 4) is 5.75 Å². The smallest absolute Gasteiger partial charge is 0.329 e. The second kappa shape index (κ2) is 11.9. The van der Waals surface area contributed by atoms with Gasteiger partial charge in [-0.15, -0.1) is 0 Å². The molecule has 0 aliphatic carbocycles. The standard InChI is InChI=1S/C21H22Cl2N4O4/c1-13(2)10-24-20(29)21(30)27-25-11-14-6-8-15(9-7-14)31-12-18(28)26-17-5-3-4-16(22)19(17)23/h3-9,11,13H,10,12H2,1-2H3,(H,24,29)(H,26,28)(H,27,30)/b25-11-. The molecule has 2 aromatic rings. The average Bonchev–Trinajstić information content (AvgIpc) is 2.74. The van der Waals surface area contributed by atoms with Crippen LogP contribution in [0.25, 0.3) is 0 Å². The first-order chi connectivity index (χ1) is 14.8. The van der Waals surface area contributed by atoms with E-state index in [9.17, 15) is 14.4 Å². The molecule has 3 amide bonds. The first kappa shape index (κ1) is 24.2. The minimum Gasteiger partial charge on any atom is -0.484 e. The van der Waals surface area contributed by atoms with Crippen molar-refractivity contribution in [2.24, 2.45) is 11.0 Å². The van der Waals surface area contributed by atoms with Gasteiger partial charge in [0, 0.05) is 6.54 Å². The van der Waals surface area contributed by atoms with Crippen LogP contribution in [0.5, 0.6) is 5.75 Å². The monoisotopic (exact) mass is 464 g/mol. The molecule has 0 bridgehead atoms. The van der Waals surface area contributed by atoms with Crippen LogP contribution in [0.3, 0.4) is 0 Å². The third-order valence-corrected chi connectivity index (χ3v) is 4.55. The van der Waals surface area contributed by atoms with E-state index in [4.69, 9.17) is 27.9 Å². The Labute approximate surface area is 189 Å². The fourth-order valence-corrected chi connectivity index (χ4v) is 2.53. The number of halogens is 2. The number of hydrazone groups is 1. The first-order valence-corrected chi connectivity index (χ1v) is 10.1. The predicted octanol–water partition coefficient (Wildman–Crippen LogP) is 3.23. The summed E-state index contributed by atoms with van der Waals surface area (Å²) in [6.07, 6.45) is 1.38. The molecule has 0 saturated carbocycles. The van der Waals surface area contributed by atoms with Gasteiger partial charge in [0.15, 0.2) is 6.61 Å². The quantitative estimate of drug-likeness (QED) is 0.316. The van der Waals surface area contributed by atoms with Crippen molar-refractivity contribution in [3.63, 3.8) is 0 Å². The van der Waals surface area contributed by atoms with E-state index in [1.54, 1.807) is 42.5 Å². The number of amides is 3. The molecule has 2 rings (SSSR count). The predicted molar refractivity (Wildman–Crippen MR) is 121 cm³/mol. The van der Waals surface area contributed by atoms with E-state index >= 15 is 0 Å². The van der Waals surface area contributed by atoms with Gasteiger partial charge in [0.1, 0.15) is 5.75 Å². The Hall–Kier alpha value is -3.10. The van der Waals surface area contributed by atoms with Crippen LogP contribution in [-0.2, 0) is 14.4 Å². The number of carbonyl (C=O) groups excluding carboxylic acids is 3. The molecule has 0 fully saturated rings. The van der Waals surface area contributed by atoms with Crippen molar-refractivity contribution in [3.05, 3.63) is 58.1 Å². The van der Waals surface area contributed by atoms with Crippen molar-refractivity contribution in [1.29, 1.82) is 0 Å². The molecule has 2 aromatic carbocycles. The van der Waals surface area contributed by atoms with Gasteiger partial charge in [-0.2, -0.15) is 5.10 Å². The molecular formula is C21H22Cl2N4O4. The van der Waals surface area contributed by atoms with E-state index in [-0.39, 0.29) is 17.5 Å². The molecule has 0 aliphatic heterocycles. The summed E-state index contributed by atoms with van der Waals surface area (Å²) in [6.45, 7) is 4.02. The summed E-state index contributed by atoms with van der Waals surface area (Å²) in [7, 11) is 0. The van der Waals surface area contributed by atoms with Crippen LogP contribution in [0.2, 0.25) is 10.0 Å². The molecule has 0 aliphatic rings. The van der Waals surface area contributed by atoms with Gasteiger partial charge in [-0.3, -0.25) is 14.4 Å². The molecule has 0 saturated heterocycles. The Balaban J connectivity index is 1.79. The van der Waals surface area contributed by atoms with E-state index in [0.29, 0.717) is 28.6 Å². The number of carbonyl (C=O) groups is 3. The normalized spacial score (nSPS) is 10.7. The molecule has 0 spiro atoms. The lowest BCUT2D eigenvalue weighted by Gasteiger charge is -2.09. The maximum absolute atomic E-state index is 12.0. The molecule has 0 atom stereocenters. The number of ether oxygens (including phenoxy) is 1. The number of nitrogens with zero attached hydrogens (tertiary/aromatic N) is 1. The molecule has 0 unspecified atom stereocenters. The van der Waals surface area contributed by atoms with E-state index < -0.39 is 17.7 Å². The molecule has 8 nitrogen and oxygen atoms in total. The van der Waals surface area contributed by atoms with Crippen molar-refractivity contribution in [2.45, 2.75) is 13.8 Å². The highest BCUT2D eigenvalue weighted by Crippen LogP contribution is 2.29. The molecular weight excluding hydrogens is 443 g/mol. The maximum atomic E-state index is 12.0. The first-order valence-electron chi connectivity index (χ1n) is 9.34. The van der Waals surface area contributed by atoms with Crippen LogP contribution >= 0.6 is 23.2 Å². The third-order valence-electron chi connectivity index (χ3n) is 3.73. The third kappa shape index (κ3) is 8.27. The summed E-state index contributed by atoms with van der Waals surface area (Å²) < 4.78 is 5.43. The number of nitrogens with one attached hydrogen (secondary N) is 3. The SMILES string of the molecule is CC(C)CNC(=O)C(=O)N/N=C\c1ccc(OCC(=O)Nc2cccc(Cl)c2Cl)cc1. The topological polar surface area (TPSA) is 109 Å². The summed E-state index contributed by atoms with van der Waals surface area (Å²) in [5.74, 6) is -1.29. The fourth-order valence-electron chi connectivity index (χ4n) is 2.18. The molecule has 31 heavy (non-hydrogen) atoms. The van der Waals surface area contributed by atoms with E-state index in [1.165, 1.54) is 6.21 Å². The molecule has 0 radical (unpaired) electrons. The Kier molecular flexibility index (Phi) is 9.30. The van der Waals surface area contributed by atoms with Crippen LogP contribution in [0.1, 0.15) is 19.4 Å². The molecule has 3 N–H and O–H groups in total. The molecule has 164 valence electrons. The zero-order chi connectivity index (χ0) is 22.8. The van der Waals surface area contributed by atoms with Gasteiger partial charge >= 0.3 is 11.8 Å². The molecule has 10 heteroatoms. The highest BCUT2D eigenvalue weighted by Gasteiger charge is 2.12. The zero-order valence-electron chi connectivity index (χ0n) is 16.9. The second-order valence-corrected chi connectivity index (χ2v) is 7.60. The number of anilines is 1. The summed E-state index contributed by atoms with van der Waals surface area (Å²) in [4.78, 5) is 35.2. The van der Waals surface area contributed by atoms with Gasteiger partial charge in [-0.05, 0) is 47.9 Å². The lowest BCUT2D eigenvalue weighted by atomic mass is 10.2. The van der Waals surface area contributed by atoms with Gasteiger partial charge in [0.2, 0.25) is 0 Å². The molecule has 0 aromatic heterocycles. The van der Waals surface area contributed by atoms with Crippen LogP contribution in [0.4, 0.5) is 5.69 Å². The summed E-state index contributed by atoms with van der Waals surface area (Å²) in [6, 6.07) is 11.5. The second-order valence-electron chi connectivity index (χ2n) is 6.81. The van der Waals surface area contributed by atoms with E-state index in [0.717, 1.165) is 0 Å². The summed E-state index contributed by atoms with van der Waals surface area (Å²) >= 11 is 11.9. The maximum Gasteiger partial charge on any atom is 0.329 e. The van der Waals surface area contributed by atoms with Gasteiger partial charge in [-0.25, -0.2) is 5.43 Å². The number of hydrogen-bond acceptors (Lipinski definition) is 5. The van der Waals surface area contributed by atoms with Crippen LogP contribution < -0.4 is 20.8 Å². The van der Waals surface area contributed by atoms with Crippen LogP contribution in [-0.4, -0.2) is 37.1 Å². The van der Waals surface area contributed by atoms with Crippen LogP contribution in [0.15, 0.2) is 47.6 Å². The molecule has 0 heterocycles. The van der Waals surface area contributed by atoms with Crippen LogP contribution in [0, 0.1) is 5.92 Å². The Morgan fingerprint density at radius 3 is 2.45 bits per heavy atom. The Morgan fingerprint density at radius 2 is 1.77 bits per heavy atom. The number of hydrogen-bond donors (Lipinski definition) is 3. The van der Waals surface area contributed by atoms with Gasteiger partial charge in [0.25, 0.3) is 5.91 Å². The van der Waals surface area contributed by atoms with E-state index in [2.05, 4.69) is 21.2 Å². The van der Waals surface area contributed by atoms with Crippen molar-refractivity contribution < 1.29 is 19.1 Å². The summed E-state index contributed by atoms with van der Waals surface area (Å²) in [5.41, 5.74) is 3.21.